The van der Waals surface area contributed by atoms with Crippen molar-refractivity contribution in [2.75, 3.05) is 13.1 Å². The minimum atomic E-state index is -1.27. The topological polar surface area (TPSA) is 234 Å². The van der Waals surface area contributed by atoms with Gasteiger partial charge in [0.15, 0.2) is 12.2 Å². The molecule has 0 unspecified atom stereocenters. The number of hydrogen-bond acceptors (Lipinski definition) is 10. The lowest BCUT2D eigenvalue weighted by molar-refractivity contribution is -0.138. The number of hydrogen-bond donors (Lipinski definition) is 6. The highest BCUT2D eigenvalue weighted by atomic mass is 16.5. The number of nitrogens with zero attached hydrogens (tertiary/aromatic N) is 2. The van der Waals surface area contributed by atoms with Crippen molar-refractivity contribution >= 4 is 71.6 Å². The Morgan fingerprint density at radius 3 is 1.11 bits per heavy atom. The van der Waals surface area contributed by atoms with Gasteiger partial charge in [0.1, 0.15) is 47.8 Å². The molecule has 0 aromatic heterocycles. The highest BCUT2D eigenvalue weighted by Gasteiger charge is 2.42. The molecule has 2 fully saturated rings. The molecule has 0 radical (unpaired) electrons. The largest absolute Gasteiger partial charge is 0.483 e. The average molecular weight is 1310 g/mol. The smallest absolute Gasteiger partial charge is 0.247 e. The van der Waals surface area contributed by atoms with Crippen molar-refractivity contribution in [1.82, 2.24) is 41.7 Å². The summed E-state index contributed by atoms with van der Waals surface area (Å²) in [6, 6.07) is 64.4. The van der Waals surface area contributed by atoms with Crippen molar-refractivity contribution in [2.24, 2.45) is 0 Å². The molecule has 98 heavy (non-hydrogen) atoms. The molecule has 18 nitrogen and oxygen atoms in total. The van der Waals surface area contributed by atoms with Crippen LogP contribution in [0.1, 0.15) is 82.4 Å². The van der Waals surface area contributed by atoms with E-state index in [1.54, 1.807) is 48.6 Å². The number of amides is 8. The van der Waals surface area contributed by atoms with Gasteiger partial charge < -0.3 is 51.2 Å². The minimum Gasteiger partial charge on any atom is -0.483 e. The van der Waals surface area contributed by atoms with Crippen molar-refractivity contribution < 1.29 is 47.8 Å². The molecule has 8 aromatic carbocycles. The van der Waals surface area contributed by atoms with Gasteiger partial charge in [-0.15, -0.1) is 0 Å². The summed E-state index contributed by atoms with van der Waals surface area (Å²) >= 11 is 0. The molecule has 6 aliphatic rings. The molecule has 496 valence electrons. The Morgan fingerprint density at radius 1 is 0.418 bits per heavy atom. The first-order valence-corrected chi connectivity index (χ1v) is 32.8. The molecule has 6 heterocycles. The van der Waals surface area contributed by atoms with Crippen LogP contribution in [0.25, 0.3) is 24.3 Å². The molecule has 14 rings (SSSR count). The second-order valence-corrected chi connectivity index (χ2v) is 24.1. The molecule has 8 amide bonds. The van der Waals surface area contributed by atoms with Gasteiger partial charge in [0.25, 0.3) is 0 Å². The first-order valence-electron chi connectivity index (χ1n) is 32.8. The van der Waals surface area contributed by atoms with Crippen LogP contribution in [-0.4, -0.2) is 106 Å². The van der Waals surface area contributed by atoms with Gasteiger partial charge >= 0.3 is 0 Å². The van der Waals surface area contributed by atoms with E-state index in [9.17, 15) is 38.4 Å². The van der Waals surface area contributed by atoms with Gasteiger partial charge in [-0.05, 0) is 119 Å². The summed E-state index contributed by atoms with van der Waals surface area (Å²) in [5, 5.41) is 17.3. The van der Waals surface area contributed by atoms with Gasteiger partial charge in [0.2, 0.25) is 47.3 Å². The number of nitrogens with one attached hydrogen (secondary N) is 6. The van der Waals surface area contributed by atoms with Gasteiger partial charge in [-0.25, -0.2) is 0 Å². The third-order valence-electron chi connectivity index (χ3n) is 17.3. The van der Waals surface area contributed by atoms with E-state index in [1.807, 2.05) is 206 Å². The van der Waals surface area contributed by atoms with Gasteiger partial charge in [0, 0.05) is 50.5 Å². The number of benzene rings is 8. The Bertz CT molecular complexity index is 3890. The Morgan fingerprint density at radius 2 is 0.755 bits per heavy atom. The highest BCUT2D eigenvalue weighted by Crippen LogP contribution is 2.31. The van der Waals surface area contributed by atoms with E-state index in [4.69, 9.17) is 9.47 Å². The molecule has 0 aliphatic carbocycles. The third kappa shape index (κ3) is 18.3. The molecule has 0 saturated carbocycles. The maximum atomic E-state index is 14.4. The van der Waals surface area contributed by atoms with Crippen LogP contribution in [0.2, 0.25) is 0 Å². The minimum absolute atomic E-state index is 0.218. The predicted molar refractivity (Wildman–Crippen MR) is 375 cm³/mol. The van der Waals surface area contributed by atoms with E-state index >= 15 is 0 Å². The first kappa shape index (κ1) is 67.5. The molecule has 0 spiro atoms. The van der Waals surface area contributed by atoms with Crippen molar-refractivity contribution in [3.05, 3.63) is 300 Å². The fourth-order valence-corrected chi connectivity index (χ4v) is 12.2. The Kier molecular flexibility index (Phi) is 23.0. The van der Waals surface area contributed by atoms with Crippen LogP contribution in [0.15, 0.2) is 255 Å². The maximum absolute atomic E-state index is 14.4. The molecule has 8 atom stereocenters. The molecular weight excluding hydrogens is 1230 g/mol. The Hall–Kier alpha value is -11.9. The summed E-state index contributed by atoms with van der Waals surface area (Å²) in [5.41, 5.74) is 6.40. The molecule has 2 saturated heterocycles. The van der Waals surface area contributed by atoms with E-state index in [1.165, 1.54) is 34.4 Å². The number of rotatable bonds is 14. The van der Waals surface area contributed by atoms with Crippen LogP contribution in [0.3, 0.4) is 0 Å². The summed E-state index contributed by atoms with van der Waals surface area (Å²) in [6.45, 7) is 0.815. The summed E-state index contributed by atoms with van der Waals surface area (Å²) in [6.07, 6.45) is 13.6. The van der Waals surface area contributed by atoms with E-state index in [0.717, 1.165) is 33.4 Å². The zero-order chi connectivity index (χ0) is 68.0. The normalized spacial score (nSPS) is 21.7. The number of carbonyl (C=O) groups is 8. The summed E-state index contributed by atoms with van der Waals surface area (Å²) < 4.78 is 13.0. The SMILES string of the molecule is O=C1N/C=C\c2ccc(cc2)O[C@@H](c2ccccc2)[C@H](NC(=O)[C@@H]2CCCN2C(=O)/C=C/c2ccccc2)C(=O)N[C@H]1Cc1ccccc1.O=C1N/C=C\c2ccc(cc2)O[C@@H](c2ccccc2)[C@H](NC(=O)[C@@H]2CCCN2C(=O)/C=C/c2ccccc2)C(=O)N[C@H]1Cc1ccccc1. The lowest BCUT2D eigenvalue weighted by Gasteiger charge is -2.32. The molecule has 18 heteroatoms. The number of carbonyl (C=O) groups excluding carboxylic acids is 8. The first-order chi connectivity index (χ1) is 47.9. The highest BCUT2D eigenvalue weighted by molar-refractivity contribution is 6.00. The van der Waals surface area contributed by atoms with Gasteiger partial charge in [0.05, 0.1) is 0 Å². The van der Waals surface area contributed by atoms with Gasteiger partial charge in [-0.1, -0.05) is 206 Å². The van der Waals surface area contributed by atoms with Crippen molar-refractivity contribution in [3.63, 3.8) is 0 Å². The Balaban J connectivity index is 0.000000198. The van der Waals surface area contributed by atoms with Crippen molar-refractivity contribution in [2.45, 2.75) is 87.0 Å². The lowest BCUT2D eigenvalue weighted by Crippen LogP contribution is -2.58. The van der Waals surface area contributed by atoms with E-state index in [0.29, 0.717) is 61.4 Å². The summed E-state index contributed by atoms with van der Waals surface area (Å²) in [7, 11) is 0. The zero-order valence-corrected chi connectivity index (χ0v) is 53.8. The lowest BCUT2D eigenvalue weighted by atomic mass is 9.98. The Labute approximate surface area is 569 Å². The van der Waals surface area contributed by atoms with Crippen LogP contribution in [0, 0.1) is 0 Å². The summed E-state index contributed by atoms with van der Waals surface area (Å²) in [5.74, 6) is -2.59. The number of likely N-dealkylation sites (tertiary alicyclic amines) is 2. The van der Waals surface area contributed by atoms with Crippen LogP contribution in [0.4, 0.5) is 0 Å². The van der Waals surface area contributed by atoms with Crippen LogP contribution in [0.5, 0.6) is 11.5 Å². The second-order valence-electron chi connectivity index (χ2n) is 24.1. The van der Waals surface area contributed by atoms with Crippen molar-refractivity contribution in [3.8, 4) is 11.5 Å². The van der Waals surface area contributed by atoms with Crippen molar-refractivity contribution in [1.29, 1.82) is 0 Å². The fourth-order valence-electron chi connectivity index (χ4n) is 12.2. The molecule has 8 aromatic rings. The standard InChI is InChI=1S/2C40H38N4O5/c2*45-35(23-20-28-11-4-1-5-12-28)44-26-10-17-34(44)39(47)43-36-37(31-15-8-3-9-16-31)49-32-21-18-29(19-22-32)24-25-41-38(46)33(42-40(36)48)27-30-13-6-2-7-14-30/h2*1-9,11-16,18-25,33-34,36-37H,10,17,26-27H2,(H,41,46)(H,42,48)(H,43,47)/b2*23-20+,25-24-/t2*33-,34-,36-,37-/m00/s1. The van der Waals surface area contributed by atoms with Crippen LogP contribution in [-0.2, 0) is 51.2 Å². The van der Waals surface area contributed by atoms with E-state index in [2.05, 4.69) is 31.9 Å². The second kappa shape index (κ2) is 33.5. The third-order valence-corrected chi connectivity index (χ3v) is 17.3. The molecule has 4 bridgehead atoms. The molecular formula is C80H76N8O10. The average Bonchev–Trinajstić information content (AvgIpc) is 0.907. The quantitative estimate of drug-likeness (QED) is 0.0564. The maximum Gasteiger partial charge on any atom is 0.247 e. The van der Waals surface area contributed by atoms with Gasteiger partial charge in [-0.3, -0.25) is 38.4 Å². The predicted octanol–water partition coefficient (Wildman–Crippen LogP) is 9.65. The zero-order valence-electron chi connectivity index (χ0n) is 53.8. The number of fused-ring (bicyclic) bond motifs is 20. The number of ether oxygens (including phenoxy) is 2. The fraction of sp³-hybridized carbons (Fsp3) is 0.200. The van der Waals surface area contributed by atoms with Crippen LogP contribution >= 0.6 is 0 Å². The molecule has 6 aliphatic heterocycles. The van der Waals surface area contributed by atoms with Gasteiger partial charge in [-0.2, -0.15) is 0 Å². The van der Waals surface area contributed by atoms with Crippen LogP contribution < -0.4 is 41.4 Å². The van der Waals surface area contributed by atoms with E-state index < -0.39 is 83.9 Å². The molecule has 6 N–H and O–H groups in total. The summed E-state index contributed by atoms with van der Waals surface area (Å²) in [4.78, 5) is 114. The van der Waals surface area contributed by atoms with E-state index in [-0.39, 0.29) is 24.7 Å². The monoisotopic (exact) mass is 1310 g/mol.